The van der Waals surface area contributed by atoms with Crippen LogP contribution in [0.1, 0.15) is 42.7 Å². The molecule has 9 heteroatoms. The molecule has 2 aliphatic heterocycles. The SMILES string of the molecule is COC(=O)c1cn([C@@H]2CCN([C@@H](C)C(=O)NC[C@@H]3CCCO3)C2)nn1. The van der Waals surface area contributed by atoms with E-state index >= 15 is 0 Å². The number of hydrogen-bond acceptors (Lipinski definition) is 7. The Morgan fingerprint density at radius 3 is 3.04 bits per heavy atom. The van der Waals surface area contributed by atoms with E-state index in [4.69, 9.17) is 4.74 Å². The number of ether oxygens (including phenoxy) is 2. The normalized spacial score (nSPS) is 25.0. The molecule has 1 aromatic rings. The van der Waals surface area contributed by atoms with E-state index in [2.05, 4.69) is 25.3 Å². The van der Waals surface area contributed by atoms with E-state index in [1.807, 2.05) is 6.92 Å². The van der Waals surface area contributed by atoms with Crippen LogP contribution in [-0.4, -0.2) is 77.3 Å². The number of aromatic nitrogens is 3. The highest BCUT2D eigenvalue weighted by Gasteiger charge is 2.31. The van der Waals surface area contributed by atoms with Gasteiger partial charge >= 0.3 is 5.97 Å². The summed E-state index contributed by atoms with van der Waals surface area (Å²) < 4.78 is 11.9. The molecule has 0 aromatic carbocycles. The summed E-state index contributed by atoms with van der Waals surface area (Å²) in [6.07, 6.45) is 4.68. The average molecular weight is 351 g/mol. The molecule has 0 saturated carbocycles. The van der Waals surface area contributed by atoms with Crippen molar-refractivity contribution in [2.45, 2.75) is 44.4 Å². The third-order valence-corrected chi connectivity index (χ3v) is 4.93. The van der Waals surface area contributed by atoms with Gasteiger partial charge in [0.05, 0.1) is 31.5 Å². The van der Waals surface area contributed by atoms with E-state index in [1.54, 1.807) is 10.9 Å². The fourth-order valence-corrected chi connectivity index (χ4v) is 3.32. The molecule has 25 heavy (non-hydrogen) atoms. The summed E-state index contributed by atoms with van der Waals surface area (Å²) in [5, 5.41) is 10.8. The van der Waals surface area contributed by atoms with Crippen LogP contribution in [0.5, 0.6) is 0 Å². The van der Waals surface area contributed by atoms with Crippen LogP contribution in [0.15, 0.2) is 6.20 Å². The van der Waals surface area contributed by atoms with E-state index in [1.165, 1.54) is 7.11 Å². The number of nitrogens with zero attached hydrogens (tertiary/aromatic N) is 4. The highest BCUT2D eigenvalue weighted by molar-refractivity contribution is 5.86. The first-order valence-corrected chi connectivity index (χ1v) is 8.72. The highest BCUT2D eigenvalue weighted by atomic mass is 16.5. The molecule has 2 aliphatic rings. The van der Waals surface area contributed by atoms with Crippen molar-refractivity contribution < 1.29 is 19.1 Å². The summed E-state index contributed by atoms with van der Waals surface area (Å²) in [6, 6.07) is -0.116. The Hall–Kier alpha value is -2.00. The van der Waals surface area contributed by atoms with Crippen LogP contribution < -0.4 is 5.32 Å². The van der Waals surface area contributed by atoms with Crippen LogP contribution in [0.25, 0.3) is 0 Å². The zero-order valence-electron chi connectivity index (χ0n) is 14.7. The zero-order chi connectivity index (χ0) is 17.8. The van der Waals surface area contributed by atoms with E-state index in [0.717, 1.165) is 32.4 Å². The largest absolute Gasteiger partial charge is 0.464 e. The van der Waals surface area contributed by atoms with Gasteiger partial charge in [0, 0.05) is 26.2 Å². The zero-order valence-corrected chi connectivity index (χ0v) is 14.7. The first-order valence-electron chi connectivity index (χ1n) is 8.72. The van der Waals surface area contributed by atoms with Crippen LogP contribution >= 0.6 is 0 Å². The number of rotatable bonds is 6. The maximum atomic E-state index is 12.4. The van der Waals surface area contributed by atoms with Crippen molar-refractivity contribution in [2.24, 2.45) is 0 Å². The molecule has 0 bridgehead atoms. The molecule has 2 saturated heterocycles. The van der Waals surface area contributed by atoms with E-state index in [-0.39, 0.29) is 29.8 Å². The second-order valence-corrected chi connectivity index (χ2v) is 6.57. The molecule has 3 heterocycles. The number of likely N-dealkylation sites (tertiary alicyclic amines) is 1. The van der Waals surface area contributed by atoms with Gasteiger partial charge in [-0.15, -0.1) is 5.10 Å². The molecule has 0 unspecified atom stereocenters. The summed E-state index contributed by atoms with van der Waals surface area (Å²) in [6.45, 7) is 4.76. The van der Waals surface area contributed by atoms with Gasteiger partial charge in [-0.3, -0.25) is 9.69 Å². The van der Waals surface area contributed by atoms with Gasteiger partial charge in [0.2, 0.25) is 5.91 Å². The van der Waals surface area contributed by atoms with Gasteiger partial charge in [-0.05, 0) is 26.2 Å². The van der Waals surface area contributed by atoms with Gasteiger partial charge in [0.25, 0.3) is 0 Å². The molecule has 3 atom stereocenters. The lowest BCUT2D eigenvalue weighted by atomic mass is 10.2. The molecule has 0 spiro atoms. The number of esters is 1. The maximum Gasteiger partial charge on any atom is 0.360 e. The van der Waals surface area contributed by atoms with E-state index in [9.17, 15) is 9.59 Å². The fourth-order valence-electron chi connectivity index (χ4n) is 3.32. The summed E-state index contributed by atoms with van der Waals surface area (Å²) in [4.78, 5) is 26.0. The van der Waals surface area contributed by atoms with E-state index < -0.39 is 5.97 Å². The van der Waals surface area contributed by atoms with Gasteiger partial charge in [0.15, 0.2) is 5.69 Å². The highest BCUT2D eigenvalue weighted by Crippen LogP contribution is 2.23. The van der Waals surface area contributed by atoms with Crippen molar-refractivity contribution in [1.29, 1.82) is 0 Å². The Morgan fingerprint density at radius 1 is 1.48 bits per heavy atom. The second kappa shape index (κ2) is 7.92. The lowest BCUT2D eigenvalue weighted by molar-refractivity contribution is -0.126. The van der Waals surface area contributed by atoms with Gasteiger partial charge < -0.3 is 14.8 Å². The summed E-state index contributed by atoms with van der Waals surface area (Å²) in [7, 11) is 1.32. The van der Waals surface area contributed by atoms with Crippen molar-refractivity contribution in [3.63, 3.8) is 0 Å². The Kier molecular flexibility index (Phi) is 5.64. The lowest BCUT2D eigenvalue weighted by Gasteiger charge is -2.24. The van der Waals surface area contributed by atoms with Crippen LogP contribution in [-0.2, 0) is 14.3 Å². The Bertz CT molecular complexity index is 613. The minimum Gasteiger partial charge on any atom is -0.464 e. The predicted octanol–water partition coefficient (Wildman–Crippen LogP) is -0.00480. The smallest absolute Gasteiger partial charge is 0.360 e. The van der Waals surface area contributed by atoms with Crippen molar-refractivity contribution in [3.05, 3.63) is 11.9 Å². The molecule has 138 valence electrons. The minimum absolute atomic E-state index is 0.0185. The Balaban J connectivity index is 1.50. The topological polar surface area (TPSA) is 98.6 Å². The molecular formula is C16H25N5O4. The average Bonchev–Trinajstić information content (AvgIpc) is 3.38. The molecule has 0 radical (unpaired) electrons. The standard InChI is InChI=1S/C16H25N5O4/c1-11(15(22)17-8-13-4-3-7-25-13)20-6-5-12(9-20)21-10-14(18-19-21)16(23)24-2/h10-13H,3-9H2,1-2H3,(H,17,22)/t11-,12+,13-/m0/s1. The van der Waals surface area contributed by atoms with Crippen molar-refractivity contribution in [2.75, 3.05) is 33.4 Å². The summed E-state index contributed by atoms with van der Waals surface area (Å²) in [5.41, 5.74) is 0.198. The van der Waals surface area contributed by atoms with Crippen LogP contribution in [0, 0.1) is 0 Å². The number of amides is 1. The Labute approximate surface area is 146 Å². The predicted molar refractivity (Wildman–Crippen MR) is 88.0 cm³/mol. The molecule has 1 aromatic heterocycles. The molecule has 2 fully saturated rings. The number of carbonyl (C=O) groups is 2. The third-order valence-electron chi connectivity index (χ3n) is 4.93. The van der Waals surface area contributed by atoms with Gasteiger partial charge in [-0.2, -0.15) is 0 Å². The minimum atomic E-state index is -0.497. The monoisotopic (exact) mass is 351 g/mol. The first kappa shape index (κ1) is 17.8. The Morgan fingerprint density at radius 2 is 2.32 bits per heavy atom. The number of methoxy groups -OCH3 is 1. The number of hydrogen-bond donors (Lipinski definition) is 1. The molecule has 3 rings (SSSR count). The molecular weight excluding hydrogens is 326 g/mol. The quantitative estimate of drug-likeness (QED) is 0.720. The number of nitrogens with one attached hydrogen (secondary N) is 1. The van der Waals surface area contributed by atoms with Gasteiger partial charge in [-0.25, -0.2) is 9.48 Å². The summed E-state index contributed by atoms with van der Waals surface area (Å²) >= 11 is 0. The summed E-state index contributed by atoms with van der Waals surface area (Å²) in [5.74, 6) is -0.479. The van der Waals surface area contributed by atoms with Crippen molar-refractivity contribution in [3.8, 4) is 0 Å². The van der Waals surface area contributed by atoms with Crippen LogP contribution in [0.3, 0.4) is 0 Å². The molecule has 0 aliphatic carbocycles. The van der Waals surface area contributed by atoms with Gasteiger partial charge in [0.1, 0.15) is 0 Å². The maximum absolute atomic E-state index is 12.4. The molecule has 1 amide bonds. The van der Waals surface area contributed by atoms with Crippen LogP contribution in [0.4, 0.5) is 0 Å². The van der Waals surface area contributed by atoms with E-state index in [0.29, 0.717) is 13.1 Å². The second-order valence-electron chi connectivity index (χ2n) is 6.57. The van der Waals surface area contributed by atoms with Crippen molar-refractivity contribution in [1.82, 2.24) is 25.2 Å². The fraction of sp³-hybridized carbons (Fsp3) is 0.750. The molecule has 1 N–H and O–H groups in total. The molecule has 9 nitrogen and oxygen atoms in total. The van der Waals surface area contributed by atoms with Crippen LogP contribution in [0.2, 0.25) is 0 Å². The lowest BCUT2D eigenvalue weighted by Crippen LogP contribution is -2.46. The van der Waals surface area contributed by atoms with Crippen molar-refractivity contribution >= 4 is 11.9 Å². The first-order chi connectivity index (χ1) is 12.1. The third kappa shape index (κ3) is 4.16. The number of carbonyl (C=O) groups excluding carboxylic acids is 2. The van der Waals surface area contributed by atoms with Gasteiger partial charge in [-0.1, -0.05) is 5.21 Å².